The summed E-state index contributed by atoms with van der Waals surface area (Å²) >= 11 is 13.4. The van der Waals surface area contributed by atoms with Crippen LogP contribution in [0.2, 0.25) is 5.02 Å². The van der Waals surface area contributed by atoms with E-state index < -0.39 is 0 Å². The second kappa shape index (κ2) is 32.1. The molecule has 0 aliphatic carbocycles. The highest BCUT2D eigenvalue weighted by molar-refractivity contribution is 7.80. The highest BCUT2D eigenvalue weighted by atomic mass is 35.5. The second-order valence-corrected chi connectivity index (χ2v) is 7.36. The van der Waals surface area contributed by atoms with E-state index in [9.17, 15) is 0 Å². The van der Waals surface area contributed by atoms with Crippen molar-refractivity contribution in [2.45, 2.75) is 65.2 Å². The van der Waals surface area contributed by atoms with Crippen LogP contribution in [0.25, 0.3) is 0 Å². The van der Waals surface area contributed by atoms with Crippen molar-refractivity contribution in [3.05, 3.63) is 102 Å². The van der Waals surface area contributed by atoms with Crippen LogP contribution in [0.15, 0.2) is 107 Å². The van der Waals surface area contributed by atoms with Gasteiger partial charge in [-0.25, -0.2) is 0 Å². The van der Waals surface area contributed by atoms with E-state index in [1.165, 1.54) is 0 Å². The average Bonchev–Trinajstić information content (AvgIpc) is 3.00. The molecule has 0 aliphatic heterocycles. The van der Waals surface area contributed by atoms with Crippen molar-refractivity contribution >= 4 is 42.5 Å². The first kappa shape index (κ1) is 43.9. The number of anilines is 1. The smallest absolute Gasteiger partial charge is 0.138 e. The van der Waals surface area contributed by atoms with Crippen molar-refractivity contribution in [2.24, 2.45) is 0 Å². The van der Waals surface area contributed by atoms with Crippen LogP contribution < -0.4 is 5.73 Å². The van der Waals surface area contributed by atoms with Gasteiger partial charge in [-0.2, -0.15) is 0 Å². The van der Waals surface area contributed by atoms with Crippen LogP contribution in [0.5, 0.6) is 23.0 Å². The predicted molar refractivity (Wildman–Crippen MR) is 182 cm³/mol. The van der Waals surface area contributed by atoms with Crippen LogP contribution in [0.3, 0.4) is 0 Å². The van der Waals surface area contributed by atoms with E-state index in [0.717, 1.165) is 0 Å². The Labute approximate surface area is 258 Å². The number of hydrogen-bond acceptors (Lipinski definition) is 7. The maximum Gasteiger partial charge on any atom is 0.138 e. The minimum Gasteiger partial charge on any atom is -0.507 e. The Morgan fingerprint density at radius 1 is 0.450 bits per heavy atom. The number of benzene rings is 4. The summed E-state index contributed by atoms with van der Waals surface area (Å²) in [6.45, 7) is 16.0. The van der Waals surface area contributed by atoms with E-state index in [-0.39, 0.29) is 23.0 Å². The molecule has 224 valence electrons. The number of nitrogen functional groups attached to an aromatic ring is 1. The molecular formula is C32H48ClNO4S2. The summed E-state index contributed by atoms with van der Waals surface area (Å²) in [5, 5.41) is 35.7. The third-order valence-electron chi connectivity index (χ3n) is 3.55. The van der Waals surface area contributed by atoms with Gasteiger partial charge in [0.1, 0.15) is 23.0 Å². The molecule has 0 unspecified atom stereocenters. The number of nitrogens with two attached hydrogens (primary N) is 1. The Balaban J connectivity index is -0.000000199. The summed E-state index contributed by atoms with van der Waals surface area (Å²) in [5.41, 5.74) is 5.69. The fourth-order valence-corrected chi connectivity index (χ4v) is 2.32. The highest BCUT2D eigenvalue weighted by Gasteiger charge is 1.90. The van der Waals surface area contributed by atoms with Crippen molar-refractivity contribution < 1.29 is 20.4 Å². The van der Waals surface area contributed by atoms with Crippen LogP contribution in [0.4, 0.5) is 5.69 Å². The average molecular weight is 610 g/mol. The fourth-order valence-electron chi connectivity index (χ4n) is 1.87. The highest BCUT2D eigenvalue weighted by Crippen LogP contribution is 2.20. The zero-order valence-electron chi connectivity index (χ0n) is 24.9. The van der Waals surface area contributed by atoms with Crippen molar-refractivity contribution in [3.8, 4) is 23.0 Å². The molecule has 0 radical (unpaired) electrons. The molecule has 5 nitrogen and oxygen atoms in total. The molecule has 0 aromatic heterocycles. The van der Waals surface area contributed by atoms with Gasteiger partial charge in [0, 0.05) is 9.79 Å². The molecule has 0 saturated carbocycles. The summed E-state index contributed by atoms with van der Waals surface area (Å²) in [6.07, 6.45) is 0. The van der Waals surface area contributed by atoms with Gasteiger partial charge in [-0.15, -0.1) is 25.3 Å². The molecule has 0 spiro atoms. The molecule has 4 aromatic carbocycles. The SMILES string of the molecule is CC.CC.CC.CC.Nc1ccccc1O.Oc1ccccc1Cl.Oc1ccccc1S.Oc1ccccc1S. The Bertz CT molecular complexity index is 841. The number of para-hydroxylation sites is 5. The van der Waals surface area contributed by atoms with E-state index >= 15 is 0 Å². The lowest BCUT2D eigenvalue weighted by Gasteiger charge is -1.92. The molecule has 0 fully saturated rings. The number of phenols is 4. The summed E-state index contributed by atoms with van der Waals surface area (Å²) in [4.78, 5) is 1.24. The zero-order valence-corrected chi connectivity index (χ0v) is 27.4. The monoisotopic (exact) mass is 609 g/mol. The maximum absolute atomic E-state index is 8.84. The van der Waals surface area contributed by atoms with E-state index in [1.54, 1.807) is 84.9 Å². The molecule has 4 rings (SSSR count). The van der Waals surface area contributed by atoms with Crippen molar-refractivity contribution in [1.82, 2.24) is 0 Å². The lowest BCUT2D eigenvalue weighted by molar-refractivity contribution is 0.462. The predicted octanol–water partition coefficient (Wildman–Crippen LogP) is 10.5. The molecule has 0 atom stereocenters. The van der Waals surface area contributed by atoms with Crippen molar-refractivity contribution in [2.75, 3.05) is 5.73 Å². The van der Waals surface area contributed by atoms with Crippen LogP contribution in [0.1, 0.15) is 55.4 Å². The number of phenolic OH excluding ortho intramolecular Hbond substituents is 4. The van der Waals surface area contributed by atoms with Crippen LogP contribution >= 0.6 is 36.9 Å². The normalized spacial score (nSPS) is 7.88. The molecule has 0 amide bonds. The largest absolute Gasteiger partial charge is 0.507 e. The first-order chi connectivity index (χ1) is 19.2. The van der Waals surface area contributed by atoms with Gasteiger partial charge in [0.15, 0.2) is 0 Å². The third kappa shape index (κ3) is 23.9. The lowest BCUT2D eigenvalue weighted by atomic mass is 10.3. The van der Waals surface area contributed by atoms with Gasteiger partial charge in [0.2, 0.25) is 0 Å². The Kier molecular flexibility index (Phi) is 35.2. The van der Waals surface area contributed by atoms with Gasteiger partial charge in [-0.3, -0.25) is 0 Å². The second-order valence-electron chi connectivity index (χ2n) is 5.99. The first-order valence-electron chi connectivity index (χ1n) is 13.1. The van der Waals surface area contributed by atoms with Gasteiger partial charge in [-0.05, 0) is 48.5 Å². The topological polar surface area (TPSA) is 107 Å². The molecule has 8 heteroatoms. The molecule has 0 aliphatic rings. The Hall–Kier alpha value is -3.13. The van der Waals surface area contributed by atoms with E-state index in [2.05, 4.69) is 25.3 Å². The van der Waals surface area contributed by atoms with E-state index in [0.29, 0.717) is 20.5 Å². The number of halogens is 1. The van der Waals surface area contributed by atoms with Gasteiger partial charge in [0.05, 0.1) is 10.7 Å². The van der Waals surface area contributed by atoms with Crippen LogP contribution in [-0.4, -0.2) is 20.4 Å². The standard InChI is InChI=1S/C6H5ClO.C6H7NO.2C6H6OS.4C2H6/c4*7-5-3-1-2-4-6(5)8;4*1-2/h1-4,8H;1-4,8H,7H2;2*1-4,7-8H;4*1-2H3. The van der Waals surface area contributed by atoms with Gasteiger partial charge < -0.3 is 26.2 Å². The minimum atomic E-state index is 0.133. The zero-order chi connectivity index (χ0) is 31.9. The third-order valence-corrected chi connectivity index (χ3v) is 4.63. The molecule has 0 heterocycles. The summed E-state index contributed by atoms with van der Waals surface area (Å²) in [6, 6.07) is 27.2. The number of thiol groups is 2. The fraction of sp³-hybridized carbons (Fsp3) is 0.250. The van der Waals surface area contributed by atoms with E-state index in [4.69, 9.17) is 37.8 Å². The molecule has 4 aromatic rings. The van der Waals surface area contributed by atoms with Crippen LogP contribution in [0, 0.1) is 0 Å². The van der Waals surface area contributed by atoms with Gasteiger partial charge in [-0.1, -0.05) is 116 Å². The van der Waals surface area contributed by atoms with Gasteiger partial charge in [0.25, 0.3) is 0 Å². The minimum absolute atomic E-state index is 0.133. The molecule has 6 N–H and O–H groups in total. The Morgan fingerprint density at radius 2 is 0.725 bits per heavy atom. The van der Waals surface area contributed by atoms with Gasteiger partial charge >= 0.3 is 0 Å². The number of hydrogen-bond donors (Lipinski definition) is 7. The molecule has 40 heavy (non-hydrogen) atoms. The quantitative estimate of drug-likeness (QED) is 0.0610. The summed E-state index contributed by atoms with van der Waals surface area (Å²) in [5.74, 6) is 0.744. The first-order valence-corrected chi connectivity index (χ1v) is 14.4. The van der Waals surface area contributed by atoms with Crippen LogP contribution in [-0.2, 0) is 0 Å². The lowest BCUT2D eigenvalue weighted by Crippen LogP contribution is -1.82. The number of rotatable bonds is 0. The maximum atomic E-state index is 8.84. The molecule has 0 bridgehead atoms. The summed E-state index contributed by atoms with van der Waals surface area (Å²) < 4.78 is 0. The molecule has 0 saturated heterocycles. The van der Waals surface area contributed by atoms with Crippen molar-refractivity contribution in [3.63, 3.8) is 0 Å². The van der Waals surface area contributed by atoms with Crippen molar-refractivity contribution in [1.29, 1.82) is 0 Å². The summed E-state index contributed by atoms with van der Waals surface area (Å²) in [7, 11) is 0. The van der Waals surface area contributed by atoms with E-state index in [1.807, 2.05) is 67.5 Å². The number of aromatic hydroxyl groups is 4. The Morgan fingerprint density at radius 3 is 0.900 bits per heavy atom. The molecular weight excluding hydrogens is 562 g/mol.